The zero-order valence-corrected chi connectivity index (χ0v) is 16.7. The lowest BCUT2D eigenvalue weighted by Gasteiger charge is -2.12. The van der Waals surface area contributed by atoms with Crippen molar-refractivity contribution in [2.45, 2.75) is 13.5 Å². The number of imidazole rings is 1. The first kappa shape index (κ1) is 21.4. The van der Waals surface area contributed by atoms with Gasteiger partial charge in [-0.2, -0.15) is 0 Å². The smallest absolute Gasteiger partial charge is 0.340 e. The summed E-state index contributed by atoms with van der Waals surface area (Å²) in [6.07, 6.45) is 1.32. The van der Waals surface area contributed by atoms with Crippen LogP contribution in [0.2, 0.25) is 0 Å². The maximum absolute atomic E-state index is 12.3. The van der Waals surface area contributed by atoms with Gasteiger partial charge in [-0.05, 0) is 36.8 Å². The minimum atomic E-state index is -0.784. The summed E-state index contributed by atoms with van der Waals surface area (Å²) in [5.41, 5.74) is 7.06. The molecule has 0 radical (unpaired) electrons. The number of hydrogen-bond donors (Lipinski definition) is 4. The SMILES string of the molecule is CCOC(=O)c1ccccc1NC(=O)Nc1ccc(Cn2cnc(O)c2C(N)=O)cc1. The van der Waals surface area contributed by atoms with Gasteiger partial charge in [0.1, 0.15) is 0 Å². The molecule has 10 heteroatoms. The van der Waals surface area contributed by atoms with Gasteiger partial charge in [-0.25, -0.2) is 14.6 Å². The number of para-hydroxylation sites is 1. The van der Waals surface area contributed by atoms with Crippen molar-refractivity contribution in [1.82, 2.24) is 9.55 Å². The normalized spacial score (nSPS) is 10.4. The molecule has 3 aromatic rings. The lowest BCUT2D eigenvalue weighted by molar-refractivity contribution is 0.0527. The van der Waals surface area contributed by atoms with Crippen molar-refractivity contribution in [1.29, 1.82) is 0 Å². The predicted octanol–water partition coefficient (Wildman–Crippen LogP) is 2.56. The van der Waals surface area contributed by atoms with E-state index in [9.17, 15) is 19.5 Å². The lowest BCUT2D eigenvalue weighted by atomic mass is 10.2. The molecule has 2 aromatic carbocycles. The second kappa shape index (κ2) is 9.44. The van der Waals surface area contributed by atoms with Gasteiger partial charge in [0.2, 0.25) is 5.88 Å². The second-order valence-corrected chi connectivity index (χ2v) is 6.45. The van der Waals surface area contributed by atoms with Gasteiger partial charge in [0.15, 0.2) is 5.69 Å². The predicted molar refractivity (Wildman–Crippen MR) is 113 cm³/mol. The highest BCUT2D eigenvalue weighted by Gasteiger charge is 2.16. The first-order valence-corrected chi connectivity index (χ1v) is 9.36. The Morgan fingerprint density at radius 3 is 2.48 bits per heavy atom. The summed E-state index contributed by atoms with van der Waals surface area (Å²) in [6, 6.07) is 12.8. The van der Waals surface area contributed by atoms with Crippen molar-refractivity contribution in [2.24, 2.45) is 5.73 Å². The molecule has 0 aliphatic carbocycles. The number of esters is 1. The van der Waals surface area contributed by atoms with E-state index in [4.69, 9.17) is 10.5 Å². The van der Waals surface area contributed by atoms with Crippen LogP contribution in [-0.2, 0) is 11.3 Å². The monoisotopic (exact) mass is 423 g/mol. The average molecular weight is 423 g/mol. The summed E-state index contributed by atoms with van der Waals surface area (Å²) >= 11 is 0. The molecule has 5 N–H and O–H groups in total. The fourth-order valence-corrected chi connectivity index (χ4v) is 2.90. The molecule has 0 saturated carbocycles. The van der Waals surface area contributed by atoms with Crippen molar-refractivity contribution < 1.29 is 24.2 Å². The number of nitrogens with zero attached hydrogens (tertiary/aromatic N) is 2. The number of ether oxygens (including phenoxy) is 1. The molecule has 3 amide bonds. The van der Waals surface area contributed by atoms with E-state index in [1.54, 1.807) is 55.5 Å². The Bertz CT molecular complexity index is 1110. The van der Waals surface area contributed by atoms with Crippen LogP contribution in [0.1, 0.15) is 33.3 Å². The summed E-state index contributed by atoms with van der Waals surface area (Å²) < 4.78 is 6.42. The van der Waals surface area contributed by atoms with Crippen LogP contribution in [0.3, 0.4) is 0 Å². The lowest BCUT2D eigenvalue weighted by Crippen LogP contribution is -2.21. The Morgan fingerprint density at radius 2 is 1.81 bits per heavy atom. The van der Waals surface area contributed by atoms with Crippen molar-refractivity contribution in [3.8, 4) is 5.88 Å². The van der Waals surface area contributed by atoms with Gasteiger partial charge < -0.3 is 30.8 Å². The summed E-state index contributed by atoms with van der Waals surface area (Å²) in [4.78, 5) is 39.5. The van der Waals surface area contributed by atoms with Gasteiger partial charge in [-0.15, -0.1) is 0 Å². The molecule has 3 rings (SSSR count). The van der Waals surface area contributed by atoms with Crippen LogP contribution in [0.25, 0.3) is 0 Å². The Balaban J connectivity index is 1.65. The highest BCUT2D eigenvalue weighted by atomic mass is 16.5. The Kier molecular flexibility index (Phi) is 6.51. The van der Waals surface area contributed by atoms with Crippen LogP contribution in [0, 0.1) is 0 Å². The minimum Gasteiger partial charge on any atom is -0.492 e. The van der Waals surface area contributed by atoms with Crippen LogP contribution < -0.4 is 16.4 Å². The van der Waals surface area contributed by atoms with Gasteiger partial charge in [-0.1, -0.05) is 24.3 Å². The van der Waals surface area contributed by atoms with Crippen LogP contribution in [0.15, 0.2) is 54.9 Å². The molecule has 1 aromatic heterocycles. The summed E-state index contributed by atoms with van der Waals surface area (Å²) in [5, 5.41) is 14.9. The molecule has 1 heterocycles. The van der Waals surface area contributed by atoms with E-state index in [1.807, 2.05) is 0 Å². The molecule has 0 spiro atoms. The molecule has 160 valence electrons. The van der Waals surface area contributed by atoms with E-state index >= 15 is 0 Å². The maximum atomic E-state index is 12.3. The molecule has 10 nitrogen and oxygen atoms in total. The van der Waals surface area contributed by atoms with E-state index in [0.717, 1.165) is 5.56 Å². The van der Waals surface area contributed by atoms with E-state index in [1.165, 1.54) is 10.9 Å². The number of benzene rings is 2. The third-order valence-electron chi connectivity index (χ3n) is 4.29. The topological polar surface area (TPSA) is 149 Å². The number of carbonyl (C=O) groups is 3. The standard InChI is InChI=1S/C21H21N5O5/c1-2-31-20(29)15-5-3-4-6-16(15)25-21(30)24-14-9-7-13(8-10-14)11-26-12-23-19(28)17(26)18(22)27/h3-10,12,28H,2,11H2,1H3,(H2,22,27)(H2,24,25,30). The number of aromatic nitrogens is 2. The van der Waals surface area contributed by atoms with E-state index in [-0.39, 0.29) is 24.4 Å². The van der Waals surface area contributed by atoms with Crippen molar-refractivity contribution in [3.63, 3.8) is 0 Å². The van der Waals surface area contributed by atoms with Gasteiger partial charge in [0.25, 0.3) is 5.91 Å². The number of carbonyl (C=O) groups excluding carboxylic acids is 3. The molecule has 0 aliphatic heterocycles. The largest absolute Gasteiger partial charge is 0.492 e. The first-order valence-electron chi connectivity index (χ1n) is 9.36. The summed E-state index contributed by atoms with van der Waals surface area (Å²) in [6.45, 7) is 2.19. The number of primary amides is 1. The quantitative estimate of drug-likeness (QED) is 0.429. The summed E-state index contributed by atoms with van der Waals surface area (Å²) in [7, 11) is 0. The minimum absolute atomic E-state index is 0.0816. The van der Waals surface area contributed by atoms with Crippen LogP contribution in [0.5, 0.6) is 5.88 Å². The number of aromatic hydroxyl groups is 1. The fourth-order valence-electron chi connectivity index (χ4n) is 2.90. The van der Waals surface area contributed by atoms with E-state index in [2.05, 4.69) is 15.6 Å². The maximum Gasteiger partial charge on any atom is 0.340 e. The Labute approximate surface area is 177 Å². The molecule has 0 aliphatic rings. The van der Waals surface area contributed by atoms with Crippen molar-refractivity contribution in [3.05, 3.63) is 71.7 Å². The van der Waals surface area contributed by atoms with Gasteiger partial charge in [0.05, 0.1) is 24.2 Å². The fraction of sp³-hybridized carbons (Fsp3) is 0.143. The molecule has 0 unspecified atom stereocenters. The highest BCUT2D eigenvalue weighted by Crippen LogP contribution is 2.19. The van der Waals surface area contributed by atoms with Crippen LogP contribution in [0.4, 0.5) is 16.2 Å². The molecule has 31 heavy (non-hydrogen) atoms. The Hall–Kier alpha value is -4.34. The third kappa shape index (κ3) is 5.18. The van der Waals surface area contributed by atoms with E-state index in [0.29, 0.717) is 11.4 Å². The average Bonchev–Trinajstić information content (AvgIpc) is 3.10. The number of urea groups is 1. The molecule has 0 bridgehead atoms. The van der Waals surface area contributed by atoms with Gasteiger partial charge >= 0.3 is 12.0 Å². The van der Waals surface area contributed by atoms with Crippen molar-refractivity contribution >= 4 is 29.3 Å². The number of nitrogens with two attached hydrogens (primary N) is 1. The molecular formula is C21H21N5O5. The number of rotatable bonds is 7. The zero-order chi connectivity index (χ0) is 22.4. The molecule has 0 atom stereocenters. The third-order valence-corrected chi connectivity index (χ3v) is 4.29. The highest BCUT2D eigenvalue weighted by molar-refractivity contribution is 6.05. The van der Waals surface area contributed by atoms with Crippen molar-refractivity contribution in [2.75, 3.05) is 17.2 Å². The first-order chi connectivity index (χ1) is 14.9. The van der Waals surface area contributed by atoms with Crippen LogP contribution >= 0.6 is 0 Å². The van der Waals surface area contributed by atoms with E-state index < -0.39 is 23.8 Å². The molecule has 0 fully saturated rings. The van der Waals surface area contributed by atoms with Gasteiger partial charge in [0, 0.05) is 12.2 Å². The molecular weight excluding hydrogens is 402 g/mol. The number of anilines is 2. The molecule has 0 saturated heterocycles. The number of amides is 3. The second-order valence-electron chi connectivity index (χ2n) is 6.45. The van der Waals surface area contributed by atoms with Crippen LogP contribution in [-0.4, -0.2) is 39.2 Å². The van der Waals surface area contributed by atoms with Gasteiger partial charge in [-0.3, -0.25) is 4.79 Å². The summed E-state index contributed by atoms with van der Waals surface area (Å²) in [5.74, 6) is -1.73. The Morgan fingerprint density at radius 1 is 1.10 bits per heavy atom. The number of nitrogens with one attached hydrogen (secondary N) is 2. The number of hydrogen-bond acceptors (Lipinski definition) is 6. The zero-order valence-electron chi connectivity index (χ0n) is 16.7.